The molecule has 1 aromatic carbocycles. The smallest absolute Gasteiger partial charge is 0.274 e. The summed E-state index contributed by atoms with van der Waals surface area (Å²) in [6.07, 6.45) is -0.605. The second-order valence-corrected chi connectivity index (χ2v) is 7.15. The van der Waals surface area contributed by atoms with Crippen molar-refractivity contribution < 1.29 is 18.0 Å². The monoisotopic (exact) mass is 374 g/mol. The number of nitrogens with zero attached hydrogens (tertiary/aromatic N) is 2. The third-order valence-corrected chi connectivity index (χ3v) is 5.19. The number of carbonyl (C=O) groups excluding carboxylic acids is 1. The van der Waals surface area contributed by atoms with Crippen molar-refractivity contribution in [3.05, 3.63) is 59.2 Å². The summed E-state index contributed by atoms with van der Waals surface area (Å²) in [7, 11) is 0. The molecule has 2 aliphatic rings. The number of aromatic nitrogens is 1. The zero-order valence-electron chi connectivity index (χ0n) is 14.5. The number of hydrogen-bond acceptors (Lipinski definition) is 4. The first-order valence-corrected chi connectivity index (χ1v) is 8.46. The Morgan fingerprint density at radius 1 is 1.33 bits per heavy atom. The van der Waals surface area contributed by atoms with E-state index >= 15 is 0 Å². The fourth-order valence-electron chi connectivity index (χ4n) is 3.59. The average Bonchev–Trinajstić information content (AvgIpc) is 2.59. The topological polar surface area (TPSA) is 80.4 Å². The molecule has 0 unspecified atom stereocenters. The molecule has 3 atom stereocenters. The maximum atomic E-state index is 14.8. The number of alkyl halides is 2. The number of pyridine rings is 1. The molecule has 0 bridgehead atoms. The molecule has 1 aliphatic carbocycles. The SMILES string of the molecule is C[C@@]1(F)C[C@H](F)[C@]2(Cc3ccc(NC(=O)c4ccc(F)cn4)cc32)N=C1N. The van der Waals surface area contributed by atoms with Gasteiger partial charge in [-0.3, -0.25) is 9.79 Å². The highest BCUT2D eigenvalue weighted by Gasteiger charge is 2.56. The van der Waals surface area contributed by atoms with E-state index in [1.807, 2.05) is 0 Å². The van der Waals surface area contributed by atoms with Crippen LogP contribution in [0.2, 0.25) is 0 Å². The van der Waals surface area contributed by atoms with Crippen molar-refractivity contribution in [1.29, 1.82) is 0 Å². The minimum atomic E-state index is -1.97. The second-order valence-electron chi connectivity index (χ2n) is 7.15. The Balaban J connectivity index is 1.62. The number of halogens is 3. The van der Waals surface area contributed by atoms with E-state index < -0.39 is 29.1 Å². The fraction of sp³-hybridized carbons (Fsp3) is 0.316. The Hall–Kier alpha value is -2.90. The van der Waals surface area contributed by atoms with Crippen molar-refractivity contribution >= 4 is 17.4 Å². The van der Waals surface area contributed by atoms with E-state index in [9.17, 15) is 18.0 Å². The van der Waals surface area contributed by atoms with Crippen LogP contribution in [0.4, 0.5) is 18.9 Å². The summed E-state index contributed by atoms with van der Waals surface area (Å²) in [4.78, 5) is 20.1. The van der Waals surface area contributed by atoms with Crippen LogP contribution < -0.4 is 11.1 Å². The van der Waals surface area contributed by atoms with Crippen LogP contribution in [0.5, 0.6) is 0 Å². The number of rotatable bonds is 2. The van der Waals surface area contributed by atoms with Gasteiger partial charge >= 0.3 is 0 Å². The highest BCUT2D eigenvalue weighted by molar-refractivity contribution is 6.03. The van der Waals surface area contributed by atoms with Gasteiger partial charge in [0, 0.05) is 18.5 Å². The van der Waals surface area contributed by atoms with Crippen molar-refractivity contribution in [3.63, 3.8) is 0 Å². The molecule has 27 heavy (non-hydrogen) atoms. The lowest BCUT2D eigenvalue weighted by Crippen LogP contribution is -2.56. The van der Waals surface area contributed by atoms with Gasteiger partial charge < -0.3 is 11.1 Å². The van der Waals surface area contributed by atoms with Crippen LogP contribution in [0, 0.1) is 5.82 Å². The Kier molecular flexibility index (Phi) is 3.76. The van der Waals surface area contributed by atoms with Crippen LogP contribution >= 0.6 is 0 Å². The zero-order valence-corrected chi connectivity index (χ0v) is 14.5. The van der Waals surface area contributed by atoms with Crippen molar-refractivity contribution in [2.75, 3.05) is 5.32 Å². The summed E-state index contributed by atoms with van der Waals surface area (Å²) in [6.45, 7) is 1.22. The number of fused-ring (bicyclic) bond motifs is 2. The van der Waals surface area contributed by atoms with Gasteiger partial charge in [-0.25, -0.2) is 18.2 Å². The Bertz CT molecular complexity index is 958. The molecular formula is C19H17F3N4O. The molecule has 0 saturated heterocycles. The lowest BCUT2D eigenvalue weighted by Gasteiger charge is -2.47. The van der Waals surface area contributed by atoms with Gasteiger partial charge in [-0.05, 0) is 42.3 Å². The Morgan fingerprint density at radius 3 is 2.81 bits per heavy atom. The molecule has 1 aliphatic heterocycles. The highest BCUT2D eigenvalue weighted by Crippen LogP contribution is 2.51. The zero-order chi connectivity index (χ0) is 19.4. The number of carbonyl (C=O) groups is 1. The maximum Gasteiger partial charge on any atom is 0.274 e. The average molecular weight is 374 g/mol. The first kappa shape index (κ1) is 17.5. The van der Waals surface area contributed by atoms with E-state index in [4.69, 9.17) is 5.73 Å². The van der Waals surface area contributed by atoms with Crippen molar-refractivity contribution in [3.8, 4) is 0 Å². The van der Waals surface area contributed by atoms with E-state index in [1.165, 1.54) is 13.0 Å². The van der Waals surface area contributed by atoms with Crippen LogP contribution in [-0.4, -0.2) is 28.6 Å². The number of amides is 1. The van der Waals surface area contributed by atoms with E-state index in [1.54, 1.807) is 18.2 Å². The van der Waals surface area contributed by atoms with Gasteiger partial charge in [0.25, 0.3) is 5.91 Å². The van der Waals surface area contributed by atoms with E-state index in [0.717, 1.165) is 17.8 Å². The molecule has 0 fully saturated rings. The third-order valence-electron chi connectivity index (χ3n) is 5.19. The Morgan fingerprint density at radius 2 is 2.11 bits per heavy atom. The fourth-order valence-corrected chi connectivity index (χ4v) is 3.59. The molecule has 8 heteroatoms. The summed E-state index contributed by atoms with van der Waals surface area (Å²) in [5, 5.41) is 2.64. The standard InChI is InChI=1S/C19H17F3N4O/c1-18(22)8-15(21)19(26-17(18)23)7-10-2-4-12(6-13(10)19)25-16(27)14-5-3-11(20)9-24-14/h2-6,9,15H,7-8H2,1H3,(H2,23,26)(H,25,27)/t15-,18+,19+/m0/s1. The number of anilines is 1. The van der Waals surface area contributed by atoms with Gasteiger partial charge in [0.1, 0.15) is 29.1 Å². The first-order valence-electron chi connectivity index (χ1n) is 8.46. The van der Waals surface area contributed by atoms with Gasteiger partial charge in [0.15, 0.2) is 5.67 Å². The maximum absolute atomic E-state index is 14.8. The summed E-state index contributed by atoms with van der Waals surface area (Å²) in [6, 6.07) is 7.45. The molecular weight excluding hydrogens is 357 g/mol. The molecule has 140 valence electrons. The molecule has 3 N–H and O–H groups in total. The molecule has 5 nitrogen and oxygen atoms in total. The predicted molar refractivity (Wildman–Crippen MR) is 94.6 cm³/mol. The molecule has 0 saturated carbocycles. The minimum absolute atomic E-state index is 0.0466. The van der Waals surface area contributed by atoms with Gasteiger partial charge in [-0.15, -0.1) is 0 Å². The van der Waals surface area contributed by atoms with Crippen molar-refractivity contribution in [2.24, 2.45) is 10.7 Å². The number of nitrogens with one attached hydrogen (secondary N) is 1. The summed E-state index contributed by atoms with van der Waals surface area (Å²) in [5.74, 6) is -1.29. The van der Waals surface area contributed by atoms with Gasteiger partial charge in [0.05, 0.1) is 6.20 Å². The van der Waals surface area contributed by atoms with E-state index in [-0.39, 0.29) is 18.0 Å². The molecule has 1 spiro atoms. The summed E-state index contributed by atoms with van der Waals surface area (Å²) in [5.41, 5.74) is 4.46. The molecule has 1 amide bonds. The minimum Gasteiger partial charge on any atom is -0.385 e. The van der Waals surface area contributed by atoms with Crippen LogP contribution in [0.15, 0.2) is 41.5 Å². The van der Waals surface area contributed by atoms with Gasteiger partial charge in [-0.1, -0.05) is 6.07 Å². The number of nitrogens with two attached hydrogens (primary N) is 1. The summed E-state index contributed by atoms with van der Waals surface area (Å²) < 4.78 is 42.0. The molecule has 2 aromatic rings. The van der Waals surface area contributed by atoms with Gasteiger partial charge in [-0.2, -0.15) is 0 Å². The van der Waals surface area contributed by atoms with Crippen LogP contribution in [0.3, 0.4) is 0 Å². The first-order chi connectivity index (χ1) is 12.7. The van der Waals surface area contributed by atoms with Crippen LogP contribution in [0.25, 0.3) is 0 Å². The lowest BCUT2D eigenvalue weighted by molar-refractivity contribution is 0.0866. The molecule has 1 aromatic heterocycles. The molecule has 0 radical (unpaired) electrons. The van der Waals surface area contributed by atoms with Crippen molar-refractivity contribution in [1.82, 2.24) is 4.98 Å². The van der Waals surface area contributed by atoms with Crippen molar-refractivity contribution in [2.45, 2.75) is 37.1 Å². The van der Waals surface area contributed by atoms with Gasteiger partial charge in [0.2, 0.25) is 0 Å². The molecule has 2 heterocycles. The van der Waals surface area contributed by atoms with Crippen LogP contribution in [0.1, 0.15) is 35.0 Å². The van der Waals surface area contributed by atoms with E-state index in [0.29, 0.717) is 17.7 Å². The van der Waals surface area contributed by atoms with Crippen LogP contribution in [-0.2, 0) is 12.0 Å². The lowest BCUT2D eigenvalue weighted by atomic mass is 9.65. The second kappa shape index (κ2) is 5.80. The third kappa shape index (κ3) is 2.75. The molecule has 4 rings (SSSR count). The largest absolute Gasteiger partial charge is 0.385 e. The number of benzene rings is 1. The van der Waals surface area contributed by atoms with E-state index in [2.05, 4.69) is 15.3 Å². The number of amidine groups is 1. The highest BCUT2D eigenvalue weighted by atomic mass is 19.2. The quantitative estimate of drug-likeness (QED) is 0.848. The summed E-state index contributed by atoms with van der Waals surface area (Å²) >= 11 is 0. The number of hydrogen-bond donors (Lipinski definition) is 2. The normalized spacial score (nSPS) is 28.9. The predicted octanol–water partition coefficient (Wildman–Crippen LogP) is 3.05. The number of aliphatic imine (C=N–C) groups is 1. The Labute approximate surface area is 153 Å².